The summed E-state index contributed by atoms with van der Waals surface area (Å²) >= 11 is 0. The zero-order valence-electron chi connectivity index (χ0n) is 50.4. The molecule has 17 aromatic carbocycles. The zero-order chi connectivity index (χ0) is 61.6. The summed E-state index contributed by atoms with van der Waals surface area (Å²) in [5.41, 5.74) is 10.8. The lowest BCUT2D eigenvalue weighted by Crippen LogP contribution is -2.17. The summed E-state index contributed by atoms with van der Waals surface area (Å²) in [5.74, 6) is 0. The van der Waals surface area contributed by atoms with Crippen molar-refractivity contribution in [1.29, 1.82) is 10.5 Å². The molecule has 0 radical (unpaired) electrons. The van der Waals surface area contributed by atoms with Crippen LogP contribution >= 0.6 is 0 Å². The molecule has 0 aliphatic heterocycles. The highest BCUT2D eigenvalue weighted by Gasteiger charge is 2.37. The van der Waals surface area contributed by atoms with Gasteiger partial charge in [-0.25, -0.2) is 0 Å². The van der Waals surface area contributed by atoms with Gasteiger partial charge in [-0.05, 0) is 88.9 Å². The minimum atomic E-state index is 0.249. The van der Waals surface area contributed by atoms with Crippen LogP contribution in [0.15, 0.2) is 291 Å². The quantitative estimate of drug-likeness (QED) is 0.165. The predicted octanol–water partition coefficient (Wildman–Crippen LogP) is 23.0. The molecular formula is C88H48N6. The van der Waals surface area contributed by atoms with Gasteiger partial charge in [-0.3, -0.25) is 0 Å². The molecule has 0 bridgehead atoms. The minimum absolute atomic E-state index is 0.249. The number of nitrogens with zero attached hydrogens (tertiary/aromatic N) is 6. The first kappa shape index (κ1) is 50.8. The minimum Gasteiger partial charge on any atom is -0.305 e. The number of rotatable bonds is 4. The van der Waals surface area contributed by atoms with Gasteiger partial charge in [0.25, 0.3) is 0 Å². The van der Waals surface area contributed by atoms with Crippen molar-refractivity contribution in [2.45, 2.75) is 0 Å². The Labute approximate surface area is 536 Å². The van der Waals surface area contributed by atoms with Gasteiger partial charge in [0.2, 0.25) is 0 Å². The van der Waals surface area contributed by atoms with E-state index in [4.69, 9.17) is 0 Å². The average molecular weight is 1190 g/mol. The highest BCUT2D eigenvalue weighted by atomic mass is 15.1. The third-order valence-electron chi connectivity index (χ3n) is 20.7. The molecule has 94 heavy (non-hydrogen) atoms. The SMILES string of the molecule is N#Cc1c(C#N)c(-n2c3ccccc3c3c4ccccc4c4ccccc4c32)c(-n2c3ccccc3c3c4ccccc4c4ccccc4c32)c(-n2c3ccccc3c3c4ccccc4c4ccccc4c32)c1-n1c2ccccc2c2c3ccccc3c3ccccc3c21. The zero-order valence-corrected chi connectivity index (χ0v) is 50.4. The molecule has 0 atom stereocenters. The summed E-state index contributed by atoms with van der Waals surface area (Å²) < 4.78 is 9.82. The number of hydrogen-bond acceptors (Lipinski definition) is 2. The van der Waals surface area contributed by atoms with Crippen molar-refractivity contribution in [2.75, 3.05) is 0 Å². The number of para-hydroxylation sites is 4. The molecule has 0 N–H and O–H groups in total. The van der Waals surface area contributed by atoms with Crippen LogP contribution in [-0.2, 0) is 0 Å². The third kappa shape index (κ3) is 6.36. The first-order valence-electron chi connectivity index (χ1n) is 32.1. The van der Waals surface area contributed by atoms with Gasteiger partial charge in [-0.15, -0.1) is 0 Å². The topological polar surface area (TPSA) is 67.3 Å². The highest BCUT2D eigenvalue weighted by Crippen LogP contribution is 2.55. The van der Waals surface area contributed by atoms with Crippen molar-refractivity contribution in [3.05, 3.63) is 302 Å². The summed E-state index contributed by atoms with van der Waals surface area (Å²) in [6.07, 6.45) is 0. The van der Waals surface area contributed by atoms with Crippen molar-refractivity contribution >= 4 is 173 Å². The molecule has 21 rings (SSSR count). The molecule has 6 heteroatoms. The standard InChI is InChI=1S/C88H48N6/c89-49-71-72(50-90)86(92-74-46-22-18-42-68(74)78-60-34-10-2-26-52(60)56-30-6-14-38-64(56)82(78)92)88(94-76-48-24-20-44-70(76)80-62-36-12-4-28-54(62)58-32-8-16-40-66(58)84(80)94)87(93-75-47-23-19-43-69(75)79-61-35-11-3-27-53(61)57-31-7-15-39-65(57)83(79)93)85(71)91-73-45-21-17-41-67(73)77-59-33-9-1-25-51(59)55-29-5-13-37-63(55)81(77)91/h1-48H. The Hall–Kier alpha value is -13.0. The first-order valence-corrected chi connectivity index (χ1v) is 32.1. The van der Waals surface area contributed by atoms with Crippen LogP contribution in [0.5, 0.6) is 0 Å². The van der Waals surface area contributed by atoms with E-state index >= 15 is 0 Å². The molecule has 0 saturated carbocycles. The maximum atomic E-state index is 13.2. The van der Waals surface area contributed by atoms with Crippen molar-refractivity contribution in [3.63, 3.8) is 0 Å². The Balaban J connectivity index is 1.15. The fourth-order valence-corrected chi connectivity index (χ4v) is 17.2. The average Bonchev–Trinajstić information content (AvgIpc) is 1.48. The Bertz CT molecular complexity index is 6710. The molecule has 0 fully saturated rings. The number of nitriles is 2. The van der Waals surface area contributed by atoms with E-state index in [1.807, 2.05) is 0 Å². The van der Waals surface area contributed by atoms with Gasteiger partial charge in [0.1, 0.15) is 12.1 Å². The fourth-order valence-electron chi connectivity index (χ4n) is 17.2. The van der Waals surface area contributed by atoms with Gasteiger partial charge in [0.05, 0.1) is 78.0 Å². The largest absolute Gasteiger partial charge is 0.305 e. The van der Waals surface area contributed by atoms with Crippen molar-refractivity contribution in [2.24, 2.45) is 0 Å². The number of benzene rings is 17. The predicted molar refractivity (Wildman–Crippen MR) is 393 cm³/mol. The van der Waals surface area contributed by atoms with Gasteiger partial charge in [0.15, 0.2) is 0 Å². The lowest BCUT2D eigenvalue weighted by Gasteiger charge is -2.28. The number of aromatic nitrogens is 4. The second-order valence-corrected chi connectivity index (χ2v) is 25.0. The molecule has 21 aromatic rings. The normalized spacial score (nSPS) is 12.2. The molecule has 0 spiro atoms. The molecule has 4 aromatic heterocycles. The molecule has 0 unspecified atom stereocenters. The Morgan fingerprint density at radius 2 is 0.330 bits per heavy atom. The molecule has 430 valence electrons. The summed E-state index contributed by atoms with van der Waals surface area (Å²) in [4.78, 5) is 0. The monoisotopic (exact) mass is 1190 g/mol. The van der Waals surface area contributed by atoms with Crippen LogP contribution in [0.3, 0.4) is 0 Å². The van der Waals surface area contributed by atoms with E-state index in [-0.39, 0.29) is 11.1 Å². The molecule has 0 aliphatic carbocycles. The molecular weight excluding hydrogens is 1140 g/mol. The Morgan fingerprint density at radius 3 is 0.543 bits per heavy atom. The van der Waals surface area contributed by atoms with Crippen LogP contribution in [0.4, 0.5) is 0 Å². The van der Waals surface area contributed by atoms with Gasteiger partial charge in [0, 0.05) is 64.6 Å². The van der Waals surface area contributed by atoms with E-state index in [9.17, 15) is 10.5 Å². The summed E-state index contributed by atoms with van der Waals surface area (Å²) in [6, 6.07) is 111. The smallest absolute Gasteiger partial charge is 0.103 e. The van der Waals surface area contributed by atoms with E-state index in [0.717, 1.165) is 185 Å². The first-order chi connectivity index (χ1) is 46.7. The fraction of sp³-hybridized carbons (Fsp3) is 0. The van der Waals surface area contributed by atoms with Crippen molar-refractivity contribution < 1.29 is 0 Å². The lowest BCUT2D eigenvalue weighted by atomic mass is 9.95. The second kappa shape index (κ2) is 18.8. The number of hydrogen-bond donors (Lipinski definition) is 0. The van der Waals surface area contributed by atoms with E-state index in [1.165, 1.54) is 0 Å². The van der Waals surface area contributed by atoms with Gasteiger partial charge in [-0.1, -0.05) is 267 Å². The van der Waals surface area contributed by atoms with Crippen LogP contribution in [0.25, 0.3) is 196 Å². The van der Waals surface area contributed by atoms with Crippen LogP contribution in [-0.4, -0.2) is 18.3 Å². The van der Waals surface area contributed by atoms with Crippen LogP contribution in [0.2, 0.25) is 0 Å². The number of fused-ring (bicyclic) bond motifs is 32. The maximum Gasteiger partial charge on any atom is 0.103 e. The molecule has 0 saturated heterocycles. The van der Waals surface area contributed by atoms with Crippen LogP contribution < -0.4 is 0 Å². The summed E-state index contributed by atoms with van der Waals surface area (Å²) in [7, 11) is 0. The van der Waals surface area contributed by atoms with E-state index < -0.39 is 0 Å². The molecule has 6 nitrogen and oxygen atoms in total. The Kier molecular flexibility index (Phi) is 10.2. The van der Waals surface area contributed by atoms with Crippen molar-refractivity contribution in [1.82, 2.24) is 18.3 Å². The van der Waals surface area contributed by atoms with Crippen LogP contribution in [0, 0.1) is 22.7 Å². The Morgan fingerprint density at radius 1 is 0.170 bits per heavy atom. The summed E-state index contributed by atoms with van der Waals surface area (Å²) in [6.45, 7) is 0. The van der Waals surface area contributed by atoms with Gasteiger partial charge >= 0.3 is 0 Å². The summed E-state index contributed by atoms with van der Waals surface area (Å²) in [5, 5.41) is 52.4. The molecule has 4 heterocycles. The van der Waals surface area contributed by atoms with Gasteiger partial charge < -0.3 is 18.3 Å². The maximum absolute atomic E-state index is 13.2. The van der Waals surface area contributed by atoms with Crippen LogP contribution in [0.1, 0.15) is 11.1 Å². The molecule has 0 aliphatic rings. The molecule has 0 amide bonds. The van der Waals surface area contributed by atoms with Crippen molar-refractivity contribution in [3.8, 4) is 34.9 Å². The van der Waals surface area contributed by atoms with E-state index in [0.29, 0.717) is 11.4 Å². The van der Waals surface area contributed by atoms with E-state index in [2.05, 4.69) is 322 Å². The third-order valence-corrected chi connectivity index (χ3v) is 20.7. The lowest BCUT2D eigenvalue weighted by molar-refractivity contribution is 1.02. The van der Waals surface area contributed by atoms with Gasteiger partial charge in [-0.2, -0.15) is 10.5 Å². The second-order valence-electron chi connectivity index (χ2n) is 25.0. The van der Waals surface area contributed by atoms with E-state index in [1.54, 1.807) is 0 Å². The highest BCUT2D eigenvalue weighted by molar-refractivity contribution is 6.37.